The summed E-state index contributed by atoms with van der Waals surface area (Å²) in [6.45, 7) is 4.13. The fraction of sp³-hybridized carbons (Fsp3) is 0.250. The molecule has 78 valence electrons. The molecule has 2 nitrogen and oxygen atoms in total. The summed E-state index contributed by atoms with van der Waals surface area (Å²) >= 11 is 3.46. The Hall–Kier alpha value is -1.09. The molecule has 0 saturated carbocycles. The lowest BCUT2D eigenvalue weighted by molar-refractivity contribution is 0.820. The largest absolute Gasteiger partial charge is 0.325 e. The molecule has 2 rings (SSSR count). The Morgan fingerprint density at radius 3 is 2.67 bits per heavy atom. The van der Waals surface area contributed by atoms with Gasteiger partial charge in [0, 0.05) is 20.9 Å². The van der Waals surface area contributed by atoms with Gasteiger partial charge in [-0.05, 0) is 24.1 Å². The summed E-state index contributed by atoms with van der Waals surface area (Å²) in [5.74, 6) is 0.328. The molecule has 0 unspecified atom stereocenters. The van der Waals surface area contributed by atoms with Crippen LogP contribution in [0.1, 0.15) is 25.5 Å². The molecule has 0 aliphatic heterocycles. The maximum absolute atomic E-state index is 11.8. The lowest BCUT2D eigenvalue weighted by atomic mass is 10.1. The number of hydrogen-bond acceptors (Lipinski definition) is 1. The molecule has 2 aromatic rings. The number of H-pyrrole nitrogens is 1. The molecular formula is C12H12BrNO. The Balaban J connectivity index is 2.86. The van der Waals surface area contributed by atoms with Crippen molar-refractivity contribution in [2.24, 2.45) is 0 Å². The van der Waals surface area contributed by atoms with Crippen molar-refractivity contribution in [3.63, 3.8) is 0 Å². The normalized spacial score (nSPS) is 11.2. The average Bonchev–Trinajstić information content (AvgIpc) is 2.19. The summed E-state index contributed by atoms with van der Waals surface area (Å²) in [5, 5.41) is 1.71. The minimum absolute atomic E-state index is 0.0162. The summed E-state index contributed by atoms with van der Waals surface area (Å²) in [7, 11) is 0. The molecule has 1 aromatic heterocycles. The quantitative estimate of drug-likeness (QED) is 0.842. The van der Waals surface area contributed by atoms with Gasteiger partial charge in [0.25, 0.3) is 5.56 Å². The molecule has 0 amide bonds. The summed E-state index contributed by atoms with van der Waals surface area (Å²) in [6, 6.07) is 7.69. The van der Waals surface area contributed by atoms with Gasteiger partial charge in [-0.25, -0.2) is 0 Å². The van der Waals surface area contributed by atoms with Gasteiger partial charge in [-0.15, -0.1) is 0 Å². The van der Waals surface area contributed by atoms with E-state index in [1.54, 1.807) is 0 Å². The van der Waals surface area contributed by atoms with Crippen molar-refractivity contribution in [3.8, 4) is 0 Å². The number of fused-ring (bicyclic) bond motifs is 1. The van der Waals surface area contributed by atoms with Crippen LogP contribution in [0.25, 0.3) is 10.8 Å². The highest BCUT2D eigenvalue weighted by atomic mass is 79.9. The molecule has 0 fully saturated rings. The highest BCUT2D eigenvalue weighted by Gasteiger charge is 2.06. The van der Waals surface area contributed by atoms with E-state index < -0.39 is 0 Å². The van der Waals surface area contributed by atoms with Crippen LogP contribution in [0.15, 0.2) is 33.5 Å². The van der Waals surface area contributed by atoms with Crippen LogP contribution < -0.4 is 5.56 Å². The SMILES string of the molecule is CC(C)c1cc2c(Br)cccc2c(=O)[nH]1. The van der Waals surface area contributed by atoms with Gasteiger partial charge >= 0.3 is 0 Å². The van der Waals surface area contributed by atoms with E-state index in [1.807, 2.05) is 24.3 Å². The predicted molar refractivity (Wildman–Crippen MR) is 66.4 cm³/mol. The minimum atomic E-state index is -0.0162. The smallest absolute Gasteiger partial charge is 0.256 e. The Labute approximate surface area is 96.5 Å². The van der Waals surface area contributed by atoms with Crippen LogP contribution in [0.3, 0.4) is 0 Å². The van der Waals surface area contributed by atoms with E-state index in [2.05, 4.69) is 34.8 Å². The van der Waals surface area contributed by atoms with Crippen LogP contribution in [0.2, 0.25) is 0 Å². The molecule has 0 radical (unpaired) electrons. The second-order valence-corrected chi connectivity index (χ2v) is 4.76. The lowest BCUT2D eigenvalue weighted by Gasteiger charge is -2.07. The fourth-order valence-electron chi connectivity index (χ4n) is 1.58. The Kier molecular flexibility index (Phi) is 2.65. The Bertz CT molecular complexity index is 557. The van der Waals surface area contributed by atoms with E-state index in [0.29, 0.717) is 5.92 Å². The van der Waals surface area contributed by atoms with Crippen molar-refractivity contribution in [1.29, 1.82) is 0 Å². The summed E-state index contributed by atoms with van der Waals surface area (Å²) < 4.78 is 0.966. The zero-order valence-corrected chi connectivity index (χ0v) is 10.3. The molecule has 0 aliphatic rings. The molecule has 0 bridgehead atoms. The molecular weight excluding hydrogens is 254 g/mol. The van der Waals surface area contributed by atoms with Crippen LogP contribution in [0, 0.1) is 0 Å². The fourth-order valence-corrected chi connectivity index (χ4v) is 2.06. The van der Waals surface area contributed by atoms with Gasteiger partial charge in [0.15, 0.2) is 0 Å². The molecule has 0 aliphatic carbocycles. The number of pyridine rings is 1. The van der Waals surface area contributed by atoms with E-state index >= 15 is 0 Å². The van der Waals surface area contributed by atoms with Crippen molar-refractivity contribution < 1.29 is 0 Å². The topological polar surface area (TPSA) is 32.9 Å². The van der Waals surface area contributed by atoms with Gasteiger partial charge < -0.3 is 4.98 Å². The highest BCUT2D eigenvalue weighted by molar-refractivity contribution is 9.10. The van der Waals surface area contributed by atoms with E-state index in [4.69, 9.17) is 0 Å². The van der Waals surface area contributed by atoms with Crippen LogP contribution in [-0.4, -0.2) is 4.98 Å². The summed E-state index contributed by atoms with van der Waals surface area (Å²) in [4.78, 5) is 14.7. The Morgan fingerprint density at radius 1 is 1.27 bits per heavy atom. The number of hydrogen-bond donors (Lipinski definition) is 1. The van der Waals surface area contributed by atoms with Crippen molar-refractivity contribution in [3.05, 3.63) is 44.8 Å². The van der Waals surface area contributed by atoms with Gasteiger partial charge in [0.1, 0.15) is 0 Å². The maximum atomic E-state index is 11.8. The second kappa shape index (κ2) is 3.81. The molecule has 1 heterocycles. The monoisotopic (exact) mass is 265 g/mol. The number of nitrogens with one attached hydrogen (secondary N) is 1. The summed E-state index contributed by atoms with van der Waals surface area (Å²) in [6.07, 6.45) is 0. The first-order valence-electron chi connectivity index (χ1n) is 4.91. The lowest BCUT2D eigenvalue weighted by Crippen LogP contribution is -2.10. The molecule has 0 spiro atoms. The first-order valence-corrected chi connectivity index (χ1v) is 5.70. The number of rotatable bonds is 1. The second-order valence-electron chi connectivity index (χ2n) is 3.91. The zero-order chi connectivity index (χ0) is 11.0. The van der Waals surface area contributed by atoms with Gasteiger partial charge in [0.2, 0.25) is 0 Å². The first-order chi connectivity index (χ1) is 7.09. The van der Waals surface area contributed by atoms with Crippen molar-refractivity contribution in [1.82, 2.24) is 4.98 Å². The third-order valence-electron chi connectivity index (χ3n) is 2.48. The van der Waals surface area contributed by atoms with Gasteiger partial charge in [-0.1, -0.05) is 35.8 Å². The van der Waals surface area contributed by atoms with E-state index in [1.165, 1.54) is 0 Å². The average molecular weight is 266 g/mol. The number of benzene rings is 1. The third-order valence-corrected chi connectivity index (χ3v) is 3.17. The van der Waals surface area contributed by atoms with Crippen LogP contribution >= 0.6 is 15.9 Å². The molecule has 15 heavy (non-hydrogen) atoms. The van der Waals surface area contributed by atoms with Crippen molar-refractivity contribution in [2.45, 2.75) is 19.8 Å². The van der Waals surface area contributed by atoms with Crippen molar-refractivity contribution in [2.75, 3.05) is 0 Å². The number of aromatic amines is 1. The van der Waals surface area contributed by atoms with Crippen molar-refractivity contribution >= 4 is 26.7 Å². The van der Waals surface area contributed by atoms with Gasteiger partial charge in [0.05, 0.1) is 0 Å². The van der Waals surface area contributed by atoms with E-state index in [-0.39, 0.29) is 5.56 Å². The van der Waals surface area contributed by atoms with E-state index in [0.717, 1.165) is 20.9 Å². The van der Waals surface area contributed by atoms with Gasteiger partial charge in [-0.2, -0.15) is 0 Å². The molecule has 0 saturated heterocycles. The third kappa shape index (κ3) is 1.84. The zero-order valence-electron chi connectivity index (χ0n) is 8.67. The molecule has 1 N–H and O–H groups in total. The maximum Gasteiger partial charge on any atom is 0.256 e. The molecule has 3 heteroatoms. The molecule has 1 aromatic carbocycles. The van der Waals surface area contributed by atoms with Crippen LogP contribution in [-0.2, 0) is 0 Å². The summed E-state index contributed by atoms with van der Waals surface area (Å²) in [5.41, 5.74) is 0.955. The van der Waals surface area contributed by atoms with Crippen LogP contribution in [0.4, 0.5) is 0 Å². The van der Waals surface area contributed by atoms with E-state index in [9.17, 15) is 4.79 Å². The van der Waals surface area contributed by atoms with Crippen LogP contribution in [0.5, 0.6) is 0 Å². The number of aromatic nitrogens is 1. The number of halogens is 1. The Morgan fingerprint density at radius 2 is 2.00 bits per heavy atom. The highest BCUT2D eigenvalue weighted by Crippen LogP contribution is 2.23. The standard InChI is InChI=1S/C12H12BrNO/c1-7(2)11-6-9-8(12(15)14-11)4-3-5-10(9)13/h3-7H,1-2H3,(H,14,15). The van der Waals surface area contributed by atoms with Gasteiger partial charge in [-0.3, -0.25) is 4.79 Å². The predicted octanol–water partition coefficient (Wildman–Crippen LogP) is 3.41. The molecule has 0 atom stereocenters. The first kappa shape index (κ1) is 10.4. The minimum Gasteiger partial charge on any atom is -0.325 e.